The second-order valence-electron chi connectivity index (χ2n) is 12.0. The average molecular weight is 545 g/mol. The number of amides is 2. The Morgan fingerprint density at radius 1 is 0.897 bits per heavy atom. The summed E-state index contributed by atoms with van der Waals surface area (Å²) in [6.07, 6.45) is 9.32. The van der Waals surface area contributed by atoms with Crippen LogP contribution in [0.5, 0.6) is 0 Å². The van der Waals surface area contributed by atoms with Crippen molar-refractivity contribution in [3.63, 3.8) is 0 Å². The number of likely N-dealkylation sites (tertiary alicyclic amines) is 1. The van der Waals surface area contributed by atoms with Crippen LogP contribution in [0.3, 0.4) is 0 Å². The van der Waals surface area contributed by atoms with Crippen molar-refractivity contribution in [3.8, 4) is 0 Å². The van der Waals surface area contributed by atoms with Crippen molar-refractivity contribution < 1.29 is 9.59 Å². The number of carbonyl (C=O) groups excluding carboxylic acids is 2. The molecule has 2 amide bonds. The highest BCUT2D eigenvalue weighted by Crippen LogP contribution is 2.43. The van der Waals surface area contributed by atoms with Crippen LogP contribution in [0, 0.1) is 5.92 Å². The molecule has 0 radical (unpaired) electrons. The number of halogens is 1. The third-order valence-electron chi connectivity index (χ3n) is 9.72. The molecule has 3 fully saturated rings. The van der Waals surface area contributed by atoms with E-state index in [4.69, 9.17) is 11.6 Å². The van der Waals surface area contributed by atoms with Crippen LogP contribution in [-0.2, 0) is 16.0 Å². The SMILES string of the molecule is O=C1[C@@H]2Cc3c([nH]c4ccccc34)[C@@H](c3ccc(Cl)cc3)N2C(=O)CN1C1CCN(CC2CCCCC2)CC1. The highest BCUT2D eigenvalue weighted by molar-refractivity contribution is 6.30. The Balaban J connectivity index is 1.16. The molecule has 7 rings (SSSR count). The fraction of sp³-hybridized carbons (Fsp3) is 0.500. The van der Waals surface area contributed by atoms with E-state index < -0.39 is 6.04 Å². The molecular formula is C32H37ClN4O2. The van der Waals surface area contributed by atoms with Gasteiger partial charge in [-0.3, -0.25) is 9.59 Å². The molecule has 1 saturated carbocycles. The van der Waals surface area contributed by atoms with Crippen LogP contribution >= 0.6 is 11.6 Å². The van der Waals surface area contributed by atoms with E-state index in [1.165, 1.54) is 38.6 Å². The zero-order valence-corrected chi connectivity index (χ0v) is 23.2. The largest absolute Gasteiger partial charge is 0.356 e. The molecule has 4 heterocycles. The molecule has 0 spiro atoms. The number of nitrogens with one attached hydrogen (secondary N) is 1. The molecule has 1 N–H and O–H groups in total. The standard InChI is InChI=1S/C32H37ClN4O2/c33-23-12-10-22(11-13-23)31-30-26(25-8-4-5-9-27(25)34-30)18-28-32(39)36(20-29(38)37(28)31)24-14-16-35(17-15-24)19-21-6-2-1-3-7-21/h4-5,8-13,21,24,28,31,34H,1-3,6-7,14-20H2/t28-,31+/m0/s1. The fourth-order valence-electron chi connectivity index (χ4n) is 7.74. The predicted octanol–water partition coefficient (Wildman–Crippen LogP) is 5.55. The van der Waals surface area contributed by atoms with Crippen LogP contribution in [-0.4, -0.2) is 69.8 Å². The second kappa shape index (κ2) is 10.3. The summed E-state index contributed by atoms with van der Waals surface area (Å²) in [4.78, 5) is 38.1. The van der Waals surface area contributed by atoms with Crippen molar-refractivity contribution in [2.45, 2.75) is 69.5 Å². The van der Waals surface area contributed by atoms with E-state index in [1.807, 2.05) is 46.2 Å². The summed E-state index contributed by atoms with van der Waals surface area (Å²) in [7, 11) is 0. The number of hydrogen-bond donors (Lipinski definition) is 1. The maximum absolute atomic E-state index is 14.2. The van der Waals surface area contributed by atoms with Crippen LogP contribution in [0.2, 0.25) is 5.02 Å². The molecule has 0 bridgehead atoms. The number of piperidine rings is 1. The molecule has 7 heteroatoms. The Labute approximate surface area is 235 Å². The van der Waals surface area contributed by atoms with E-state index in [0.29, 0.717) is 11.4 Å². The van der Waals surface area contributed by atoms with E-state index in [-0.39, 0.29) is 30.4 Å². The van der Waals surface area contributed by atoms with Crippen LogP contribution in [0.25, 0.3) is 10.9 Å². The van der Waals surface area contributed by atoms with Gasteiger partial charge in [-0.15, -0.1) is 0 Å². The lowest BCUT2D eigenvalue weighted by Gasteiger charge is -2.50. The minimum Gasteiger partial charge on any atom is -0.356 e. The first-order valence-corrected chi connectivity index (χ1v) is 15.1. The summed E-state index contributed by atoms with van der Waals surface area (Å²) in [5.74, 6) is 0.975. The van der Waals surface area contributed by atoms with Gasteiger partial charge in [-0.05, 0) is 60.9 Å². The Morgan fingerprint density at radius 3 is 2.41 bits per heavy atom. The number of fused-ring (bicyclic) bond motifs is 4. The molecule has 1 aliphatic carbocycles. The number of rotatable bonds is 4. The molecule has 204 valence electrons. The van der Waals surface area contributed by atoms with E-state index in [0.717, 1.165) is 59.6 Å². The van der Waals surface area contributed by atoms with Gasteiger partial charge in [0.1, 0.15) is 12.6 Å². The zero-order valence-electron chi connectivity index (χ0n) is 22.4. The van der Waals surface area contributed by atoms with Gasteiger partial charge in [0, 0.05) is 53.7 Å². The Kier molecular flexibility index (Phi) is 6.64. The number of aromatic amines is 1. The maximum Gasteiger partial charge on any atom is 0.246 e. The van der Waals surface area contributed by atoms with Gasteiger partial charge in [0.25, 0.3) is 0 Å². The number of nitrogens with zero attached hydrogens (tertiary/aromatic N) is 3. The summed E-state index contributed by atoms with van der Waals surface area (Å²) in [5.41, 5.74) is 4.18. The van der Waals surface area contributed by atoms with E-state index in [1.54, 1.807) is 0 Å². The van der Waals surface area contributed by atoms with E-state index in [2.05, 4.69) is 22.0 Å². The van der Waals surface area contributed by atoms with Crippen molar-refractivity contribution in [1.82, 2.24) is 19.7 Å². The number of piperazine rings is 1. The van der Waals surface area contributed by atoms with Crippen LogP contribution in [0.4, 0.5) is 0 Å². The highest BCUT2D eigenvalue weighted by Gasteiger charge is 2.49. The van der Waals surface area contributed by atoms with Crippen molar-refractivity contribution in [1.29, 1.82) is 0 Å². The molecule has 3 aromatic rings. The first-order valence-electron chi connectivity index (χ1n) is 14.8. The third kappa shape index (κ3) is 4.55. The number of hydrogen-bond acceptors (Lipinski definition) is 3. The molecule has 1 aromatic heterocycles. The van der Waals surface area contributed by atoms with Gasteiger partial charge in [-0.1, -0.05) is 61.2 Å². The van der Waals surface area contributed by atoms with E-state index >= 15 is 0 Å². The lowest BCUT2D eigenvalue weighted by Crippen LogP contribution is -2.65. The Morgan fingerprint density at radius 2 is 1.64 bits per heavy atom. The van der Waals surface area contributed by atoms with Crippen molar-refractivity contribution in [3.05, 3.63) is 70.4 Å². The summed E-state index contributed by atoms with van der Waals surface area (Å²) in [6, 6.07) is 15.3. The molecule has 39 heavy (non-hydrogen) atoms. The minimum atomic E-state index is -0.487. The number of carbonyl (C=O) groups is 2. The zero-order chi connectivity index (χ0) is 26.5. The first kappa shape index (κ1) is 25.2. The van der Waals surface area contributed by atoms with Crippen LogP contribution in [0.15, 0.2) is 48.5 Å². The van der Waals surface area contributed by atoms with Gasteiger partial charge in [-0.25, -0.2) is 0 Å². The van der Waals surface area contributed by atoms with Crippen molar-refractivity contribution in [2.24, 2.45) is 5.92 Å². The monoisotopic (exact) mass is 544 g/mol. The molecule has 2 atom stereocenters. The second-order valence-corrected chi connectivity index (χ2v) is 12.5. The van der Waals surface area contributed by atoms with Gasteiger partial charge in [0.05, 0.1) is 6.04 Å². The van der Waals surface area contributed by atoms with Crippen molar-refractivity contribution >= 4 is 34.3 Å². The van der Waals surface area contributed by atoms with Gasteiger partial charge >= 0.3 is 0 Å². The molecule has 0 unspecified atom stereocenters. The molecular weight excluding hydrogens is 508 g/mol. The first-order chi connectivity index (χ1) is 19.1. The maximum atomic E-state index is 14.2. The molecule has 2 aromatic carbocycles. The van der Waals surface area contributed by atoms with Crippen LogP contribution < -0.4 is 0 Å². The van der Waals surface area contributed by atoms with Gasteiger partial charge in [0.2, 0.25) is 11.8 Å². The lowest BCUT2D eigenvalue weighted by molar-refractivity contribution is -0.161. The average Bonchev–Trinajstić information content (AvgIpc) is 3.34. The smallest absolute Gasteiger partial charge is 0.246 e. The predicted molar refractivity (Wildman–Crippen MR) is 154 cm³/mol. The van der Waals surface area contributed by atoms with Crippen molar-refractivity contribution in [2.75, 3.05) is 26.2 Å². The summed E-state index contributed by atoms with van der Waals surface area (Å²) in [5, 5.41) is 1.80. The van der Waals surface area contributed by atoms with E-state index in [9.17, 15) is 9.59 Å². The van der Waals surface area contributed by atoms with Gasteiger partial charge in [-0.2, -0.15) is 0 Å². The van der Waals surface area contributed by atoms with Crippen LogP contribution in [0.1, 0.15) is 67.8 Å². The van der Waals surface area contributed by atoms with Gasteiger partial charge in [0.15, 0.2) is 0 Å². The summed E-state index contributed by atoms with van der Waals surface area (Å²) in [6.45, 7) is 3.41. The Hall–Kier alpha value is -2.83. The van der Waals surface area contributed by atoms with Gasteiger partial charge < -0.3 is 19.7 Å². The molecule has 4 aliphatic rings. The topological polar surface area (TPSA) is 59.7 Å². The normalized spacial score (nSPS) is 25.3. The number of H-pyrrole nitrogens is 1. The Bertz CT molecular complexity index is 1370. The lowest BCUT2D eigenvalue weighted by atomic mass is 9.85. The summed E-state index contributed by atoms with van der Waals surface area (Å²) >= 11 is 6.22. The number of benzene rings is 2. The molecule has 2 saturated heterocycles. The third-order valence-corrected chi connectivity index (χ3v) is 9.97. The molecule has 3 aliphatic heterocycles. The summed E-state index contributed by atoms with van der Waals surface area (Å²) < 4.78 is 0. The highest BCUT2D eigenvalue weighted by atomic mass is 35.5. The fourth-order valence-corrected chi connectivity index (χ4v) is 7.86. The minimum absolute atomic E-state index is 0.0356. The molecule has 6 nitrogen and oxygen atoms in total. The quantitative estimate of drug-likeness (QED) is 0.468. The number of para-hydroxylation sites is 1. The number of aromatic nitrogens is 1.